The Kier molecular flexibility index (Phi) is 5.97. The molecule has 1 fully saturated rings. The molecule has 0 spiro atoms. The van der Waals surface area contributed by atoms with Gasteiger partial charge in [-0.25, -0.2) is 0 Å². The van der Waals surface area contributed by atoms with Crippen molar-refractivity contribution in [3.8, 4) is 0 Å². The van der Waals surface area contributed by atoms with Crippen LogP contribution in [0.2, 0.25) is 0 Å². The molecule has 29 heavy (non-hydrogen) atoms. The van der Waals surface area contributed by atoms with E-state index in [1.807, 2.05) is 12.1 Å². The molecule has 0 radical (unpaired) electrons. The molecule has 1 aliphatic heterocycles. The number of amides is 1. The smallest absolute Gasteiger partial charge is 0.241 e. The van der Waals surface area contributed by atoms with Crippen LogP contribution in [0.1, 0.15) is 43.0 Å². The molecule has 0 saturated carbocycles. The fraction of sp³-hybridized carbons (Fsp3) is 0.500. The monoisotopic (exact) mass is 392 g/mol. The van der Waals surface area contributed by atoms with Crippen LogP contribution in [-0.2, 0) is 17.6 Å². The number of likely N-dealkylation sites (N-methyl/N-ethyl adjacent to an activating group) is 1. The number of carbonyl (C=O) groups is 1. The largest absolute Gasteiger partial charge is 0.348 e. The zero-order valence-corrected chi connectivity index (χ0v) is 17.6. The van der Waals surface area contributed by atoms with Crippen LogP contribution in [0.15, 0.2) is 48.8 Å². The van der Waals surface area contributed by atoms with Gasteiger partial charge in [0.25, 0.3) is 0 Å². The van der Waals surface area contributed by atoms with Gasteiger partial charge in [-0.2, -0.15) is 0 Å². The Balaban J connectivity index is 1.60. The molecule has 1 N–H and O–H groups in total. The second-order valence-electron chi connectivity index (χ2n) is 8.29. The van der Waals surface area contributed by atoms with E-state index in [-0.39, 0.29) is 11.9 Å². The van der Waals surface area contributed by atoms with E-state index in [1.165, 1.54) is 11.1 Å². The van der Waals surface area contributed by atoms with Crippen LogP contribution >= 0.6 is 0 Å². The summed E-state index contributed by atoms with van der Waals surface area (Å²) in [4.78, 5) is 22.9. The molecule has 2 aliphatic rings. The minimum Gasteiger partial charge on any atom is -0.348 e. The summed E-state index contributed by atoms with van der Waals surface area (Å²) in [7, 11) is 0. The molecule has 1 aromatic carbocycles. The number of piperazine rings is 1. The first-order valence-electron chi connectivity index (χ1n) is 10.9. The fourth-order valence-corrected chi connectivity index (χ4v) is 4.92. The summed E-state index contributed by atoms with van der Waals surface area (Å²) in [5.41, 5.74) is 3.27. The Bertz CT molecular complexity index is 805. The van der Waals surface area contributed by atoms with Crippen molar-refractivity contribution in [3.63, 3.8) is 0 Å². The van der Waals surface area contributed by atoms with E-state index in [4.69, 9.17) is 0 Å². The first-order chi connectivity index (χ1) is 14.2. The number of rotatable bonds is 6. The topological polar surface area (TPSA) is 48.5 Å². The van der Waals surface area contributed by atoms with Crippen molar-refractivity contribution >= 4 is 5.91 Å². The van der Waals surface area contributed by atoms with E-state index in [1.54, 1.807) is 12.4 Å². The van der Waals surface area contributed by atoms with Gasteiger partial charge in [-0.3, -0.25) is 14.7 Å². The molecule has 1 unspecified atom stereocenters. The van der Waals surface area contributed by atoms with Crippen molar-refractivity contribution < 1.29 is 4.79 Å². The lowest BCUT2D eigenvalue weighted by molar-refractivity contribution is -0.135. The fourth-order valence-electron chi connectivity index (χ4n) is 4.92. The molecule has 5 nitrogen and oxygen atoms in total. The van der Waals surface area contributed by atoms with E-state index < -0.39 is 5.54 Å². The Morgan fingerprint density at radius 1 is 1.03 bits per heavy atom. The van der Waals surface area contributed by atoms with Gasteiger partial charge in [-0.05, 0) is 41.8 Å². The van der Waals surface area contributed by atoms with Crippen molar-refractivity contribution in [1.29, 1.82) is 0 Å². The molecule has 4 rings (SSSR count). The summed E-state index contributed by atoms with van der Waals surface area (Å²) in [5.74, 6) is 0.169. The van der Waals surface area contributed by atoms with Gasteiger partial charge in [0.2, 0.25) is 5.91 Å². The van der Waals surface area contributed by atoms with Crippen LogP contribution in [0.25, 0.3) is 0 Å². The van der Waals surface area contributed by atoms with Crippen LogP contribution in [0.4, 0.5) is 0 Å². The number of benzene rings is 1. The third-order valence-electron chi connectivity index (χ3n) is 6.75. The Morgan fingerprint density at radius 3 is 2.21 bits per heavy atom. The van der Waals surface area contributed by atoms with Gasteiger partial charge in [0.1, 0.15) is 5.54 Å². The first kappa shape index (κ1) is 20.0. The molecule has 0 bridgehead atoms. The zero-order valence-electron chi connectivity index (χ0n) is 17.6. The maximum Gasteiger partial charge on any atom is 0.241 e. The lowest BCUT2D eigenvalue weighted by Crippen LogP contribution is -2.64. The number of fused-ring (bicyclic) bond motifs is 1. The molecule has 5 heteroatoms. The van der Waals surface area contributed by atoms with E-state index >= 15 is 0 Å². The Labute approximate surface area is 174 Å². The highest BCUT2D eigenvalue weighted by Gasteiger charge is 2.49. The SMILES string of the molecule is CCC(NC(=O)C1(N2CCN(CC)CC2)Cc2ccccc2C1)c1ccncc1. The highest BCUT2D eigenvalue weighted by molar-refractivity contribution is 5.88. The standard InChI is InChI=1S/C24H32N4O/c1-3-22(19-9-11-25-12-10-19)26-23(29)24(28-15-13-27(4-2)14-16-28)17-20-7-5-6-8-21(20)18-24/h5-12,22H,3-4,13-18H2,1-2H3,(H,26,29). The van der Waals surface area contributed by atoms with Crippen LogP contribution in [0.5, 0.6) is 0 Å². The highest BCUT2D eigenvalue weighted by Crippen LogP contribution is 2.36. The predicted molar refractivity (Wildman–Crippen MR) is 116 cm³/mol. The maximum absolute atomic E-state index is 13.8. The number of nitrogens with one attached hydrogen (secondary N) is 1. The minimum atomic E-state index is -0.482. The van der Waals surface area contributed by atoms with Crippen molar-refractivity contribution in [2.75, 3.05) is 32.7 Å². The van der Waals surface area contributed by atoms with Crippen molar-refractivity contribution in [2.24, 2.45) is 0 Å². The quantitative estimate of drug-likeness (QED) is 0.821. The lowest BCUT2D eigenvalue weighted by Gasteiger charge is -2.45. The summed E-state index contributed by atoms with van der Waals surface area (Å²) in [6.45, 7) is 9.37. The second-order valence-corrected chi connectivity index (χ2v) is 8.29. The Hall–Kier alpha value is -2.24. The van der Waals surface area contributed by atoms with Gasteiger partial charge < -0.3 is 10.2 Å². The van der Waals surface area contributed by atoms with E-state index in [0.29, 0.717) is 0 Å². The molecule has 1 amide bonds. The highest BCUT2D eigenvalue weighted by atomic mass is 16.2. The number of hydrogen-bond acceptors (Lipinski definition) is 4. The summed E-state index contributed by atoms with van der Waals surface area (Å²) in [5, 5.41) is 3.40. The maximum atomic E-state index is 13.8. The van der Waals surface area contributed by atoms with Gasteiger partial charge in [-0.1, -0.05) is 38.1 Å². The van der Waals surface area contributed by atoms with E-state index in [0.717, 1.165) is 57.5 Å². The normalized spacial score (nSPS) is 20.2. The summed E-state index contributed by atoms with van der Waals surface area (Å²) < 4.78 is 0. The molecule has 154 valence electrons. The van der Waals surface area contributed by atoms with Crippen LogP contribution in [-0.4, -0.2) is 59.0 Å². The third kappa shape index (κ3) is 3.94. The molecular weight excluding hydrogens is 360 g/mol. The van der Waals surface area contributed by atoms with Gasteiger partial charge in [0, 0.05) is 51.4 Å². The van der Waals surface area contributed by atoms with Gasteiger partial charge in [0.05, 0.1) is 6.04 Å². The summed E-state index contributed by atoms with van der Waals surface area (Å²) >= 11 is 0. The first-order valence-corrected chi connectivity index (χ1v) is 10.9. The number of carbonyl (C=O) groups excluding carboxylic acids is 1. The number of pyridine rings is 1. The van der Waals surface area contributed by atoms with Crippen LogP contribution in [0, 0.1) is 0 Å². The van der Waals surface area contributed by atoms with Crippen LogP contribution < -0.4 is 5.32 Å². The average molecular weight is 393 g/mol. The molecule has 2 aromatic rings. The second kappa shape index (κ2) is 8.64. The number of nitrogens with zero attached hydrogens (tertiary/aromatic N) is 3. The zero-order chi connectivity index (χ0) is 20.3. The minimum absolute atomic E-state index is 0.0167. The molecule has 2 heterocycles. The number of aromatic nitrogens is 1. The van der Waals surface area contributed by atoms with Crippen LogP contribution in [0.3, 0.4) is 0 Å². The third-order valence-corrected chi connectivity index (χ3v) is 6.75. The lowest BCUT2D eigenvalue weighted by atomic mass is 9.90. The van der Waals surface area contributed by atoms with Crippen molar-refractivity contribution in [1.82, 2.24) is 20.1 Å². The molecular formula is C24H32N4O. The van der Waals surface area contributed by atoms with Crippen molar-refractivity contribution in [2.45, 2.75) is 44.7 Å². The summed E-state index contributed by atoms with van der Waals surface area (Å²) in [6, 6.07) is 12.6. The number of hydrogen-bond donors (Lipinski definition) is 1. The molecule has 1 saturated heterocycles. The average Bonchev–Trinajstić information content (AvgIpc) is 3.19. The van der Waals surface area contributed by atoms with Gasteiger partial charge in [0.15, 0.2) is 0 Å². The molecule has 1 atom stereocenters. The predicted octanol–water partition coefficient (Wildman–Crippen LogP) is 2.82. The van der Waals surface area contributed by atoms with E-state index in [9.17, 15) is 4.79 Å². The summed E-state index contributed by atoms with van der Waals surface area (Å²) in [6.07, 6.45) is 6.06. The van der Waals surface area contributed by atoms with Crippen molar-refractivity contribution in [3.05, 3.63) is 65.5 Å². The van der Waals surface area contributed by atoms with Gasteiger partial charge in [-0.15, -0.1) is 0 Å². The molecule has 1 aromatic heterocycles. The Morgan fingerprint density at radius 2 is 1.66 bits per heavy atom. The van der Waals surface area contributed by atoms with E-state index in [2.05, 4.69) is 58.2 Å². The van der Waals surface area contributed by atoms with Gasteiger partial charge >= 0.3 is 0 Å². The molecule has 1 aliphatic carbocycles.